The highest BCUT2D eigenvalue weighted by Crippen LogP contribution is 2.06. The molecule has 11 nitrogen and oxygen atoms in total. The molecule has 0 spiro atoms. The van der Waals surface area contributed by atoms with Gasteiger partial charge in [-0.3, -0.25) is 14.6 Å². The topological polar surface area (TPSA) is 192 Å². The van der Waals surface area contributed by atoms with Crippen LogP contribution in [0, 0.1) is 0 Å². The first kappa shape index (κ1) is 21.6. The fraction of sp³-hybridized carbons (Fsp3) is 0.733. The number of amides is 2. The standard InChI is InChI=1S/C15H28N6O5/c1-8(22)11(21-12(23)9-4-2-6-18-9)13(24)20-10(14(25)26)5-3-7-19-15(16)17/h8-11,18,22H,2-7H2,1H3,(H,20,24)(H,21,23)(H,25,26)(H4,16,17,19)/t8-,9+,10+,11+/m1/s1. The molecule has 0 aromatic rings. The van der Waals surface area contributed by atoms with E-state index in [9.17, 15) is 24.6 Å². The molecule has 4 atom stereocenters. The lowest BCUT2D eigenvalue weighted by atomic mass is 10.1. The molecule has 1 aliphatic heterocycles. The molecule has 1 saturated heterocycles. The number of aliphatic imine (C=N–C) groups is 1. The predicted octanol–water partition coefficient (Wildman–Crippen LogP) is -2.77. The Morgan fingerprint density at radius 1 is 1.31 bits per heavy atom. The normalized spacial score (nSPS) is 19.8. The monoisotopic (exact) mass is 372 g/mol. The Bertz CT molecular complexity index is 529. The van der Waals surface area contributed by atoms with Crippen LogP contribution >= 0.6 is 0 Å². The van der Waals surface area contributed by atoms with Crippen LogP contribution in [0.3, 0.4) is 0 Å². The number of hydrogen-bond donors (Lipinski definition) is 7. The number of nitrogens with one attached hydrogen (secondary N) is 3. The van der Waals surface area contributed by atoms with Gasteiger partial charge in [0.25, 0.3) is 0 Å². The molecular weight excluding hydrogens is 344 g/mol. The zero-order chi connectivity index (χ0) is 19.7. The lowest BCUT2D eigenvalue weighted by molar-refractivity contribution is -0.143. The van der Waals surface area contributed by atoms with Crippen LogP contribution in [-0.2, 0) is 14.4 Å². The van der Waals surface area contributed by atoms with Gasteiger partial charge < -0.3 is 37.6 Å². The van der Waals surface area contributed by atoms with Crippen LogP contribution in [0.2, 0.25) is 0 Å². The van der Waals surface area contributed by atoms with Gasteiger partial charge in [0.05, 0.1) is 12.1 Å². The van der Waals surface area contributed by atoms with Gasteiger partial charge in [-0.15, -0.1) is 0 Å². The summed E-state index contributed by atoms with van der Waals surface area (Å²) in [6.07, 6.45) is 0.745. The van der Waals surface area contributed by atoms with Gasteiger partial charge in [-0.1, -0.05) is 0 Å². The molecular formula is C15H28N6O5. The van der Waals surface area contributed by atoms with Crippen LogP contribution in [0.5, 0.6) is 0 Å². The third-order valence-electron chi connectivity index (χ3n) is 4.00. The van der Waals surface area contributed by atoms with Gasteiger partial charge in [-0.25, -0.2) is 4.79 Å². The molecule has 0 radical (unpaired) electrons. The van der Waals surface area contributed by atoms with E-state index in [4.69, 9.17) is 11.5 Å². The van der Waals surface area contributed by atoms with Gasteiger partial charge in [-0.2, -0.15) is 0 Å². The van der Waals surface area contributed by atoms with Crippen molar-refractivity contribution in [1.82, 2.24) is 16.0 Å². The van der Waals surface area contributed by atoms with E-state index in [0.29, 0.717) is 19.4 Å². The minimum Gasteiger partial charge on any atom is -0.480 e. The summed E-state index contributed by atoms with van der Waals surface area (Å²) < 4.78 is 0. The number of carbonyl (C=O) groups excluding carboxylic acids is 2. The van der Waals surface area contributed by atoms with Crippen LogP contribution in [0.15, 0.2) is 4.99 Å². The number of aliphatic carboxylic acids is 1. The summed E-state index contributed by atoms with van der Waals surface area (Å²) in [5, 5.41) is 26.9. The quantitative estimate of drug-likeness (QED) is 0.122. The van der Waals surface area contributed by atoms with Crippen molar-refractivity contribution >= 4 is 23.7 Å². The smallest absolute Gasteiger partial charge is 0.326 e. The van der Waals surface area contributed by atoms with Crippen LogP contribution in [-0.4, -0.2) is 71.3 Å². The van der Waals surface area contributed by atoms with Gasteiger partial charge in [0.1, 0.15) is 12.1 Å². The number of rotatable bonds is 10. The summed E-state index contributed by atoms with van der Waals surface area (Å²) in [5.74, 6) is -2.49. The third-order valence-corrected chi connectivity index (χ3v) is 4.00. The van der Waals surface area contributed by atoms with Crippen molar-refractivity contribution in [3.05, 3.63) is 0 Å². The molecule has 0 bridgehead atoms. The Hall–Kier alpha value is -2.40. The summed E-state index contributed by atoms with van der Waals surface area (Å²) in [5.41, 5.74) is 10.4. The second-order valence-corrected chi connectivity index (χ2v) is 6.22. The Labute approximate surface area is 151 Å². The second kappa shape index (κ2) is 10.6. The van der Waals surface area contributed by atoms with E-state index < -0.39 is 42.0 Å². The highest BCUT2D eigenvalue weighted by Gasteiger charge is 2.32. The summed E-state index contributed by atoms with van der Waals surface area (Å²) in [4.78, 5) is 39.6. The molecule has 26 heavy (non-hydrogen) atoms. The molecule has 148 valence electrons. The lowest BCUT2D eigenvalue weighted by Crippen LogP contribution is -2.58. The molecule has 2 amide bonds. The van der Waals surface area contributed by atoms with E-state index in [1.807, 2.05) is 0 Å². The number of nitrogens with zero attached hydrogens (tertiary/aromatic N) is 1. The predicted molar refractivity (Wildman–Crippen MR) is 94.1 cm³/mol. The van der Waals surface area contributed by atoms with Crippen LogP contribution in [0.4, 0.5) is 0 Å². The first-order valence-electron chi connectivity index (χ1n) is 8.52. The van der Waals surface area contributed by atoms with Crippen molar-refractivity contribution in [2.75, 3.05) is 13.1 Å². The van der Waals surface area contributed by atoms with Gasteiger partial charge in [0, 0.05) is 6.54 Å². The van der Waals surface area contributed by atoms with Crippen LogP contribution < -0.4 is 27.4 Å². The van der Waals surface area contributed by atoms with E-state index in [1.165, 1.54) is 6.92 Å². The van der Waals surface area contributed by atoms with E-state index >= 15 is 0 Å². The number of carboxylic acid groups (broad SMARTS) is 1. The number of carbonyl (C=O) groups is 3. The van der Waals surface area contributed by atoms with Gasteiger partial charge in [-0.05, 0) is 39.2 Å². The van der Waals surface area contributed by atoms with Crippen molar-refractivity contribution in [2.45, 2.75) is 56.8 Å². The molecule has 9 N–H and O–H groups in total. The molecule has 0 aromatic carbocycles. The molecule has 0 aliphatic carbocycles. The van der Waals surface area contributed by atoms with Crippen molar-refractivity contribution < 1.29 is 24.6 Å². The number of aliphatic hydroxyl groups excluding tert-OH is 1. The highest BCUT2D eigenvalue weighted by atomic mass is 16.4. The van der Waals surface area contributed by atoms with Crippen molar-refractivity contribution in [3.8, 4) is 0 Å². The number of guanidine groups is 1. The lowest BCUT2D eigenvalue weighted by Gasteiger charge is -2.24. The average Bonchev–Trinajstić information content (AvgIpc) is 3.08. The van der Waals surface area contributed by atoms with Gasteiger partial charge >= 0.3 is 5.97 Å². The molecule has 0 unspecified atom stereocenters. The maximum atomic E-state index is 12.4. The molecule has 1 aliphatic rings. The summed E-state index contributed by atoms with van der Waals surface area (Å²) >= 11 is 0. The van der Waals surface area contributed by atoms with E-state index in [-0.39, 0.29) is 18.9 Å². The third kappa shape index (κ3) is 7.23. The van der Waals surface area contributed by atoms with E-state index in [1.54, 1.807) is 0 Å². The average molecular weight is 372 g/mol. The van der Waals surface area contributed by atoms with Crippen molar-refractivity contribution in [3.63, 3.8) is 0 Å². The number of carboxylic acids is 1. The minimum absolute atomic E-state index is 0.0988. The Morgan fingerprint density at radius 3 is 2.50 bits per heavy atom. The zero-order valence-corrected chi connectivity index (χ0v) is 14.8. The van der Waals surface area contributed by atoms with Crippen LogP contribution in [0.1, 0.15) is 32.6 Å². The summed E-state index contributed by atoms with van der Waals surface area (Å²) in [7, 11) is 0. The molecule has 1 fully saturated rings. The molecule has 0 saturated carbocycles. The van der Waals surface area contributed by atoms with Crippen molar-refractivity contribution in [1.29, 1.82) is 0 Å². The Kier molecular flexibility index (Phi) is 8.79. The van der Waals surface area contributed by atoms with Gasteiger partial charge in [0.15, 0.2) is 5.96 Å². The van der Waals surface area contributed by atoms with Gasteiger partial charge in [0.2, 0.25) is 11.8 Å². The van der Waals surface area contributed by atoms with E-state index in [2.05, 4.69) is 20.9 Å². The zero-order valence-electron chi connectivity index (χ0n) is 14.8. The molecule has 1 rings (SSSR count). The first-order valence-corrected chi connectivity index (χ1v) is 8.52. The number of hydrogen-bond acceptors (Lipinski definition) is 6. The maximum Gasteiger partial charge on any atom is 0.326 e. The minimum atomic E-state index is -1.25. The first-order chi connectivity index (χ1) is 12.2. The van der Waals surface area contributed by atoms with Crippen molar-refractivity contribution in [2.24, 2.45) is 16.5 Å². The number of aliphatic hydroxyl groups is 1. The van der Waals surface area contributed by atoms with Crippen LogP contribution in [0.25, 0.3) is 0 Å². The summed E-state index contributed by atoms with van der Waals surface area (Å²) in [6, 6.07) is -2.84. The SMILES string of the molecule is C[C@@H](O)[C@H](NC(=O)[C@@H]1CCCN1)C(=O)N[C@@H](CCCN=C(N)N)C(=O)O. The fourth-order valence-corrected chi connectivity index (χ4v) is 2.59. The largest absolute Gasteiger partial charge is 0.480 e. The maximum absolute atomic E-state index is 12.4. The Balaban J connectivity index is 2.62. The molecule has 11 heteroatoms. The second-order valence-electron chi connectivity index (χ2n) is 6.22. The summed E-state index contributed by atoms with van der Waals surface area (Å²) in [6.45, 7) is 2.29. The molecule has 1 heterocycles. The number of nitrogens with two attached hydrogens (primary N) is 2. The highest BCUT2D eigenvalue weighted by molar-refractivity contribution is 5.92. The molecule has 0 aromatic heterocycles. The Morgan fingerprint density at radius 2 is 2.00 bits per heavy atom. The fourth-order valence-electron chi connectivity index (χ4n) is 2.59. The van der Waals surface area contributed by atoms with E-state index in [0.717, 1.165) is 6.42 Å².